The maximum atomic E-state index is 12.3. The van der Waals surface area contributed by atoms with Gasteiger partial charge in [0.1, 0.15) is 11.6 Å². The summed E-state index contributed by atoms with van der Waals surface area (Å²) in [6, 6.07) is 8.93. The van der Waals surface area contributed by atoms with Gasteiger partial charge in [0.05, 0.1) is 10.6 Å². The van der Waals surface area contributed by atoms with Crippen molar-refractivity contribution in [1.82, 2.24) is 9.88 Å². The number of rotatable bonds is 6. The first kappa shape index (κ1) is 15.9. The van der Waals surface area contributed by atoms with Crippen LogP contribution in [0.5, 0.6) is 0 Å². The minimum absolute atomic E-state index is 0.0719. The molecule has 2 aromatic rings. The van der Waals surface area contributed by atoms with Crippen LogP contribution < -0.4 is 16.6 Å². The number of nitriles is 1. The highest BCUT2D eigenvalue weighted by molar-refractivity contribution is 7.13. The van der Waals surface area contributed by atoms with Crippen LogP contribution in [0.15, 0.2) is 34.4 Å². The molecule has 3 N–H and O–H groups in total. The van der Waals surface area contributed by atoms with Crippen LogP contribution >= 0.6 is 11.3 Å². The monoisotopic (exact) mass is 316 g/mol. The van der Waals surface area contributed by atoms with Gasteiger partial charge in [0.2, 0.25) is 5.91 Å². The highest BCUT2D eigenvalue weighted by atomic mass is 32.1. The topological polar surface area (TPSA) is 101 Å². The van der Waals surface area contributed by atoms with Gasteiger partial charge in [-0.2, -0.15) is 5.26 Å². The lowest BCUT2D eigenvalue weighted by molar-refractivity contribution is -0.121. The first-order valence-corrected chi connectivity index (χ1v) is 7.70. The molecular weight excluding hydrogens is 300 g/mol. The van der Waals surface area contributed by atoms with Gasteiger partial charge < -0.3 is 15.6 Å². The SMILES string of the molecule is N#Cc1ccc(-c2cccs2)n(CCC(=O)NCCN)c1=O. The predicted octanol–water partition coefficient (Wildman–Crippen LogP) is 0.913. The number of carbonyl (C=O) groups excluding carboxylic acids is 1. The second kappa shape index (κ2) is 7.54. The molecule has 0 spiro atoms. The lowest BCUT2D eigenvalue weighted by atomic mass is 10.2. The van der Waals surface area contributed by atoms with Gasteiger partial charge >= 0.3 is 0 Å². The molecule has 6 nitrogen and oxygen atoms in total. The van der Waals surface area contributed by atoms with E-state index in [4.69, 9.17) is 11.0 Å². The molecule has 0 unspecified atom stereocenters. The Kier molecular flexibility index (Phi) is 5.47. The summed E-state index contributed by atoms with van der Waals surface area (Å²) < 4.78 is 1.48. The van der Waals surface area contributed by atoms with Crippen LogP contribution in [-0.4, -0.2) is 23.6 Å². The van der Waals surface area contributed by atoms with Crippen molar-refractivity contribution in [2.45, 2.75) is 13.0 Å². The number of nitrogens with one attached hydrogen (secondary N) is 1. The summed E-state index contributed by atoms with van der Waals surface area (Å²) in [6.07, 6.45) is 0.160. The molecule has 7 heteroatoms. The fourth-order valence-electron chi connectivity index (χ4n) is 2.04. The molecule has 0 aromatic carbocycles. The zero-order valence-corrected chi connectivity index (χ0v) is 12.7. The molecule has 0 fully saturated rings. The van der Waals surface area contributed by atoms with Crippen molar-refractivity contribution >= 4 is 17.2 Å². The molecule has 1 amide bonds. The van der Waals surface area contributed by atoms with Crippen LogP contribution in [0.4, 0.5) is 0 Å². The number of carbonyl (C=O) groups is 1. The van der Waals surface area contributed by atoms with Crippen molar-refractivity contribution in [3.63, 3.8) is 0 Å². The third-order valence-corrected chi connectivity index (χ3v) is 3.99. The van der Waals surface area contributed by atoms with Gasteiger partial charge in [-0.3, -0.25) is 9.59 Å². The fraction of sp³-hybridized carbons (Fsp3) is 0.267. The van der Waals surface area contributed by atoms with Crippen LogP contribution in [0.2, 0.25) is 0 Å². The number of hydrogen-bond donors (Lipinski definition) is 2. The number of nitrogens with two attached hydrogens (primary N) is 1. The molecule has 114 valence electrons. The predicted molar refractivity (Wildman–Crippen MR) is 85.4 cm³/mol. The molecule has 0 saturated heterocycles. The van der Waals surface area contributed by atoms with E-state index in [0.29, 0.717) is 18.8 Å². The van der Waals surface area contributed by atoms with E-state index in [1.165, 1.54) is 22.0 Å². The first-order valence-electron chi connectivity index (χ1n) is 6.82. The van der Waals surface area contributed by atoms with Gasteiger partial charge in [-0.1, -0.05) is 6.07 Å². The molecule has 22 heavy (non-hydrogen) atoms. The Labute approximate surface area is 131 Å². The van der Waals surface area contributed by atoms with Crippen LogP contribution in [0, 0.1) is 11.3 Å². The van der Waals surface area contributed by atoms with E-state index in [2.05, 4.69) is 5.32 Å². The lowest BCUT2D eigenvalue weighted by Gasteiger charge is -2.12. The minimum atomic E-state index is -0.375. The minimum Gasteiger partial charge on any atom is -0.355 e. The molecule has 0 atom stereocenters. The summed E-state index contributed by atoms with van der Waals surface area (Å²) in [5, 5.41) is 13.6. The molecule has 0 radical (unpaired) electrons. The third kappa shape index (κ3) is 3.61. The zero-order valence-electron chi connectivity index (χ0n) is 11.9. The highest BCUT2D eigenvalue weighted by Gasteiger charge is 2.12. The number of hydrogen-bond acceptors (Lipinski definition) is 5. The Morgan fingerprint density at radius 2 is 2.23 bits per heavy atom. The summed E-state index contributed by atoms with van der Waals surface area (Å²) in [5.41, 5.74) is 5.74. The Balaban J connectivity index is 2.30. The van der Waals surface area contributed by atoms with Crippen LogP contribution in [0.1, 0.15) is 12.0 Å². The smallest absolute Gasteiger partial charge is 0.268 e. The normalized spacial score (nSPS) is 10.2. The Morgan fingerprint density at radius 1 is 1.41 bits per heavy atom. The van der Waals surface area contributed by atoms with E-state index in [-0.39, 0.29) is 30.0 Å². The van der Waals surface area contributed by atoms with Gasteiger partial charge in [-0.25, -0.2) is 0 Å². The van der Waals surface area contributed by atoms with Crippen molar-refractivity contribution in [2.24, 2.45) is 5.73 Å². The summed E-state index contributed by atoms with van der Waals surface area (Å²) in [4.78, 5) is 25.0. The van der Waals surface area contributed by atoms with Crippen molar-refractivity contribution in [3.05, 3.63) is 45.6 Å². The standard InChI is InChI=1S/C15H16N4O2S/c16-6-7-18-14(20)5-8-19-12(13-2-1-9-22-13)4-3-11(10-17)15(19)21/h1-4,9H,5-8,16H2,(H,18,20). The summed E-state index contributed by atoms with van der Waals surface area (Å²) in [5.74, 6) is -0.170. The average molecular weight is 316 g/mol. The van der Waals surface area contributed by atoms with Crippen LogP contribution in [-0.2, 0) is 11.3 Å². The maximum absolute atomic E-state index is 12.3. The lowest BCUT2D eigenvalue weighted by Crippen LogP contribution is -2.31. The van der Waals surface area contributed by atoms with Crippen molar-refractivity contribution in [2.75, 3.05) is 13.1 Å². The van der Waals surface area contributed by atoms with E-state index in [0.717, 1.165) is 4.88 Å². The van der Waals surface area contributed by atoms with Crippen LogP contribution in [0.25, 0.3) is 10.6 Å². The Hall–Kier alpha value is -2.43. The van der Waals surface area contributed by atoms with Crippen molar-refractivity contribution < 1.29 is 4.79 Å². The summed E-state index contributed by atoms with van der Waals surface area (Å²) in [6.45, 7) is 0.998. The quantitative estimate of drug-likeness (QED) is 0.827. The van der Waals surface area contributed by atoms with Gasteiger partial charge in [0, 0.05) is 26.1 Å². The number of thiophene rings is 1. The Morgan fingerprint density at radius 3 is 2.86 bits per heavy atom. The van der Waals surface area contributed by atoms with Gasteiger partial charge in [0.15, 0.2) is 0 Å². The van der Waals surface area contributed by atoms with E-state index < -0.39 is 0 Å². The molecular formula is C15H16N4O2S. The highest BCUT2D eigenvalue weighted by Crippen LogP contribution is 2.23. The summed E-state index contributed by atoms with van der Waals surface area (Å²) in [7, 11) is 0. The largest absolute Gasteiger partial charge is 0.355 e. The first-order chi connectivity index (χ1) is 10.7. The van der Waals surface area contributed by atoms with Gasteiger partial charge in [-0.15, -0.1) is 11.3 Å². The average Bonchev–Trinajstić information content (AvgIpc) is 3.05. The molecule has 0 aliphatic carbocycles. The number of pyridine rings is 1. The van der Waals surface area contributed by atoms with Gasteiger partial charge in [0.25, 0.3) is 5.56 Å². The van der Waals surface area contributed by atoms with Crippen molar-refractivity contribution in [3.8, 4) is 16.6 Å². The molecule has 0 saturated carbocycles. The van der Waals surface area contributed by atoms with Crippen molar-refractivity contribution in [1.29, 1.82) is 5.26 Å². The molecule has 0 bridgehead atoms. The molecule has 2 rings (SSSR count). The zero-order chi connectivity index (χ0) is 15.9. The van der Waals surface area contributed by atoms with Gasteiger partial charge in [-0.05, 0) is 23.6 Å². The summed E-state index contributed by atoms with van der Waals surface area (Å²) >= 11 is 1.50. The number of amides is 1. The van der Waals surface area contributed by atoms with E-state index in [1.54, 1.807) is 6.07 Å². The molecule has 0 aliphatic heterocycles. The van der Waals surface area contributed by atoms with E-state index in [1.807, 2.05) is 23.6 Å². The molecule has 0 aliphatic rings. The second-order valence-corrected chi connectivity index (χ2v) is 5.51. The number of aromatic nitrogens is 1. The second-order valence-electron chi connectivity index (χ2n) is 4.57. The third-order valence-electron chi connectivity index (χ3n) is 3.10. The van der Waals surface area contributed by atoms with E-state index in [9.17, 15) is 9.59 Å². The van der Waals surface area contributed by atoms with Crippen LogP contribution in [0.3, 0.4) is 0 Å². The number of nitrogens with zero attached hydrogens (tertiary/aromatic N) is 2. The molecule has 2 heterocycles. The Bertz CT molecular complexity index is 744. The fourth-order valence-corrected chi connectivity index (χ4v) is 2.80. The molecule has 2 aromatic heterocycles. The maximum Gasteiger partial charge on any atom is 0.268 e. The van der Waals surface area contributed by atoms with E-state index >= 15 is 0 Å².